The third-order valence-corrected chi connectivity index (χ3v) is 3.90. The zero-order valence-corrected chi connectivity index (χ0v) is 10.6. The van der Waals surface area contributed by atoms with E-state index in [1.54, 1.807) is 4.90 Å². The van der Waals surface area contributed by atoms with Crippen LogP contribution in [-0.4, -0.2) is 40.0 Å². The summed E-state index contributed by atoms with van der Waals surface area (Å²) in [6.45, 7) is 0.886. The molecule has 1 atom stereocenters. The maximum Gasteiger partial charge on any atom is 0.276 e. The highest BCUT2D eigenvalue weighted by Crippen LogP contribution is 2.42. The summed E-state index contributed by atoms with van der Waals surface area (Å²) in [6.07, 6.45) is 2.79. The van der Waals surface area contributed by atoms with E-state index in [1.165, 1.54) is 0 Å². The number of nitrogens with zero attached hydrogens (tertiary/aromatic N) is 2. The van der Waals surface area contributed by atoms with Crippen molar-refractivity contribution in [3.8, 4) is 0 Å². The van der Waals surface area contributed by atoms with Gasteiger partial charge in [0, 0.05) is 19.0 Å². The number of likely N-dealkylation sites (tertiary alicyclic amines) is 1. The number of amides is 2. The van der Waals surface area contributed by atoms with Gasteiger partial charge in [0.15, 0.2) is 5.69 Å². The van der Waals surface area contributed by atoms with E-state index in [0.29, 0.717) is 31.1 Å². The molecule has 0 spiro atoms. The molecule has 1 saturated carbocycles. The van der Waals surface area contributed by atoms with Crippen molar-refractivity contribution in [2.75, 3.05) is 18.8 Å². The number of nitrogens with two attached hydrogens (primary N) is 2. The molecule has 0 aromatic carbocycles. The Hall–Kier alpha value is -2.05. The molecule has 2 fully saturated rings. The maximum atomic E-state index is 12.3. The largest absolute Gasteiger partial charge is 0.395 e. The second kappa shape index (κ2) is 4.25. The summed E-state index contributed by atoms with van der Waals surface area (Å²) < 4.78 is 0. The molecular weight excluding hydrogens is 246 g/mol. The summed E-state index contributed by atoms with van der Waals surface area (Å²) in [5, 5.41) is 6.89. The third kappa shape index (κ3) is 2.05. The van der Waals surface area contributed by atoms with Crippen LogP contribution in [0.2, 0.25) is 0 Å². The van der Waals surface area contributed by atoms with Gasteiger partial charge in [-0.15, -0.1) is 0 Å². The Kier molecular flexibility index (Phi) is 2.69. The molecule has 1 aliphatic heterocycles. The fourth-order valence-corrected chi connectivity index (χ4v) is 2.54. The first-order valence-electron chi connectivity index (χ1n) is 6.50. The highest BCUT2D eigenvalue weighted by Gasteiger charge is 2.34. The smallest absolute Gasteiger partial charge is 0.276 e. The molecule has 19 heavy (non-hydrogen) atoms. The number of nitrogens with one attached hydrogen (secondary N) is 1. The second-order valence-corrected chi connectivity index (χ2v) is 5.31. The summed E-state index contributed by atoms with van der Waals surface area (Å²) in [4.78, 5) is 25.0. The average molecular weight is 263 g/mol. The Labute approximate surface area is 110 Å². The Morgan fingerprint density at radius 3 is 2.63 bits per heavy atom. The van der Waals surface area contributed by atoms with Gasteiger partial charge in [0.1, 0.15) is 0 Å². The van der Waals surface area contributed by atoms with E-state index < -0.39 is 0 Å². The molecule has 7 heteroatoms. The molecule has 102 valence electrons. The van der Waals surface area contributed by atoms with Crippen LogP contribution in [0.4, 0.5) is 5.69 Å². The van der Waals surface area contributed by atoms with Crippen molar-refractivity contribution in [3.05, 3.63) is 11.4 Å². The van der Waals surface area contributed by atoms with E-state index in [2.05, 4.69) is 10.2 Å². The fourth-order valence-electron chi connectivity index (χ4n) is 2.54. The van der Waals surface area contributed by atoms with E-state index in [-0.39, 0.29) is 23.4 Å². The monoisotopic (exact) mass is 263 g/mol. The molecule has 1 aromatic heterocycles. The van der Waals surface area contributed by atoms with E-state index >= 15 is 0 Å². The van der Waals surface area contributed by atoms with Gasteiger partial charge < -0.3 is 16.4 Å². The number of anilines is 1. The first-order valence-corrected chi connectivity index (χ1v) is 6.50. The highest BCUT2D eigenvalue weighted by atomic mass is 16.2. The van der Waals surface area contributed by atoms with Crippen LogP contribution in [0.1, 0.15) is 41.4 Å². The standard InChI is InChI=1S/C12H17N5O2/c13-8-9(6-1-2-6)15-16-10(8)12(19)17-4-3-7(5-17)11(14)18/h6-7H,1-5,13H2,(H2,14,18)(H,15,16). The van der Waals surface area contributed by atoms with E-state index in [0.717, 1.165) is 18.5 Å². The molecule has 3 rings (SSSR count). The van der Waals surface area contributed by atoms with Crippen LogP contribution in [0.5, 0.6) is 0 Å². The second-order valence-electron chi connectivity index (χ2n) is 5.31. The Morgan fingerprint density at radius 1 is 1.32 bits per heavy atom. The molecule has 0 bridgehead atoms. The first-order chi connectivity index (χ1) is 9.08. The summed E-state index contributed by atoms with van der Waals surface area (Å²) in [5.41, 5.74) is 12.8. The number of carbonyl (C=O) groups excluding carboxylic acids is 2. The van der Waals surface area contributed by atoms with Gasteiger partial charge in [-0.25, -0.2) is 0 Å². The van der Waals surface area contributed by atoms with Crippen molar-refractivity contribution in [2.45, 2.75) is 25.2 Å². The van der Waals surface area contributed by atoms with Crippen molar-refractivity contribution in [3.63, 3.8) is 0 Å². The van der Waals surface area contributed by atoms with Gasteiger partial charge in [0.05, 0.1) is 17.3 Å². The van der Waals surface area contributed by atoms with Gasteiger partial charge in [-0.05, 0) is 19.3 Å². The molecule has 1 saturated heterocycles. The Morgan fingerprint density at radius 2 is 2.05 bits per heavy atom. The number of rotatable bonds is 3. The number of primary amides is 1. The molecule has 2 amide bonds. The summed E-state index contributed by atoms with van der Waals surface area (Å²) in [5.74, 6) is -0.411. The lowest BCUT2D eigenvalue weighted by Crippen LogP contribution is -2.32. The predicted octanol–water partition coefficient (Wildman–Crippen LogP) is -0.183. The van der Waals surface area contributed by atoms with Crippen molar-refractivity contribution in [2.24, 2.45) is 11.7 Å². The van der Waals surface area contributed by atoms with Crippen LogP contribution in [0.25, 0.3) is 0 Å². The molecule has 1 unspecified atom stereocenters. The molecule has 7 nitrogen and oxygen atoms in total. The molecular formula is C12H17N5O2. The molecule has 0 radical (unpaired) electrons. The minimum Gasteiger partial charge on any atom is -0.395 e. The minimum atomic E-state index is -0.357. The van der Waals surface area contributed by atoms with Crippen LogP contribution < -0.4 is 11.5 Å². The quantitative estimate of drug-likeness (QED) is 0.700. The van der Waals surface area contributed by atoms with Gasteiger partial charge in [0.25, 0.3) is 5.91 Å². The normalized spacial score (nSPS) is 22.7. The zero-order valence-electron chi connectivity index (χ0n) is 10.6. The summed E-state index contributed by atoms with van der Waals surface area (Å²) >= 11 is 0. The van der Waals surface area contributed by atoms with Crippen LogP contribution in [-0.2, 0) is 4.79 Å². The molecule has 1 aromatic rings. The zero-order chi connectivity index (χ0) is 13.6. The van der Waals surface area contributed by atoms with E-state index in [4.69, 9.17) is 11.5 Å². The number of nitrogen functional groups attached to an aromatic ring is 1. The number of hydrogen-bond donors (Lipinski definition) is 3. The third-order valence-electron chi connectivity index (χ3n) is 3.90. The van der Waals surface area contributed by atoms with Crippen LogP contribution in [0.15, 0.2) is 0 Å². The van der Waals surface area contributed by atoms with Crippen molar-refractivity contribution in [1.29, 1.82) is 0 Å². The topological polar surface area (TPSA) is 118 Å². The highest BCUT2D eigenvalue weighted by molar-refractivity contribution is 5.98. The van der Waals surface area contributed by atoms with Gasteiger partial charge in [0.2, 0.25) is 5.91 Å². The fraction of sp³-hybridized carbons (Fsp3) is 0.583. The summed E-state index contributed by atoms with van der Waals surface area (Å²) in [6, 6.07) is 0. The Balaban J connectivity index is 1.75. The van der Waals surface area contributed by atoms with E-state index in [1.807, 2.05) is 0 Å². The number of hydrogen-bond acceptors (Lipinski definition) is 4. The van der Waals surface area contributed by atoms with Crippen LogP contribution >= 0.6 is 0 Å². The van der Waals surface area contributed by atoms with Crippen molar-refractivity contribution >= 4 is 17.5 Å². The number of carbonyl (C=O) groups is 2. The number of aromatic nitrogens is 2. The average Bonchev–Trinajstić information content (AvgIpc) is 2.96. The Bertz CT molecular complexity index is 534. The van der Waals surface area contributed by atoms with Crippen molar-refractivity contribution < 1.29 is 9.59 Å². The minimum absolute atomic E-state index is 0.218. The van der Waals surface area contributed by atoms with Gasteiger partial charge in [-0.3, -0.25) is 14.7 Å². The maximum absolute atomic E-state index is 12.3. The number of aromatic amines is 1. The summed E-state index contributed by atoms with van der Waals surface area (Å²) in [7, 11) is 0. The predicted molar refractivity (Wildman–Crippen MR) is 68.2 cm³/mol. The van der Waals surface area contributed by atoms with E-state index in [9.17, 15) is 9.59 Å². The van der Waals surface area contributed by atoms with Crippen molar-refractivity contribution in [1.82, 2.24) is 15.1 Å². The molecule has 2 heterocycles. The van der Waals surface area contributed by atoms with Crippen LogP contribution in [0, 0.1) is 5.92 Å². The lowest BCUT2D eigenvalue weighted by Gasteiger charge is -2.14. The first kappa shape index (κ1) is 12.0. The molecule has 5 N–H and O–H groups in total. The lowest BCUT2D eigenvalue weighted by molar-refractivity contribution is -0.121. The van der Waals surface area contributed by atoms with Gasteiger partial charge in [-0.2, -0.15) is 5.10 Å². The van der Waals surface area contributed by atoms with Gasteiger partial charge in [-0.1, -0.05) is 0 Å². The SMILES string of the molecule is NC(=O)C1CCN(C(=O)c2n[nH]c(C3CC3)c2N)C1. The number of H-pyrrole nitrogens is 1. The molecule has 1 aliphatic carbocycles. The lowest BCUT2D eigenvalue weighted by atomic mass is 10.1. The molecule has 2 aliphatic rings. The van der Waals surface area contributed by atoms with Gasteiger partial charge >= 0.3 is 0 Å². The van der Waals surface area contributed by atoms with Crippen LogP contribution in [0.3, 0.4) is 0 Å².